The highest BCUT2D eigenvalue weighted by Crippen LogP contribution is 1.95. The summed E-state index contributed by atoms with van der Waals surface area (Å²) in [5, 5.41) is 1.10. The first kappa shape index (κ1) is 7.76. The van der Waals surface area contributed by atoms with E-state index in [1.165, 1.54) is 0 Å². The van der Waals surface area contributed by atoms with Crippen molar-refractivity contribution in [2.24, 2.45) is 4.99 Å². The molecule has 0 fully saturated rings. The summed E-state index contributed by atoms with van der Waals surface area (Å²) in [5.41, 5.74) is 0. The molecule has 0 aliphatic rings. The van der Waals surface area contributed by atoms with Crippen molar-refractivity contribution in [1.29, 1.82) is 0 Å². The van der Waals surface area contributed by atoms with Gasteiger partial charge in [-0.05, 0) is 20.1 Å². The Morgan fingerprint density at radius 3 is 2.62 bits per heavy atom. The molecule has 0 aliphatic heterocycles. The van der Waals surface area contributed by atoms with E-state index in [4.69, 9.17) is 0 Å². The summed E-state index contributed by atoms with van der Waals surface area (Å²) in [6.45, 7) is 3.95. The Morgan fingerprint density at radius 1 is 1.62 bits per heavy atom. The van der Waals surface area contributed by atoms with E-state index in [1.54, 1.807) is 18.0 Å². The summed E-state index contributed by atoms with van der Waals surface area (Å²) in [7, 11) is 0. The van der Waals surface area contributed by atoms with Gasteiger partial charge in [-0.25, -0.2) is 0 Å². The van der Waals surface area contributed by atoms with Crippen LogP contribution < -0.4 is 0 Å². The molecule has 0 bridgehead atoms. The number of allylic oxidation sites excluding steroid dienone is 1. The highest BCUT2D eigenvalue weighted by atomic mass is 32.2. The molecule has 0 aromatic carbocycles. The van der Waals surface area contributed by atoms with Crippen LogP contribution in [0.5, 0.6) is 0 Å². The lowest BCUT2D eigenvalue weighted by Gasteiger charge is -1.85. The third-order valence-electron chi connectivity index (χ3n) is 0.701. The van der Waals surface area contributed by atoms with Gasteiger partial charge in [0, 0.05) is 6.20 Å². The van der Waals surface area contributed by atoms with Crippen molar-refractivity contribution < 1.29 is 0 Å². The highest BCUT2D eigenvalue weighted by Gasteiger charge is 1.77. The quantitative estimate of drug-likeness (QED) is 0.391. The molecule has 0 rings (SSSR count). The minimum Gasteiger partial charge on any atom is -0.255 e. The van der Waals surface area contributed by atoms with Crippen LogP contribution in [0.15, 0.2) is 17.3 Å². The average Bonchev–Trinajstić information content (AvgIpc) is 1.83. The second-order valence-corrected chi connectivity index (χ2v) is 2.33. The van der Waals surface area contributed by atoms with Gasteiger partial charge < -0.3 is 0 Å². The van der Waals surface area contributed by atoms with Crippen LogP contribution in [0.3, 0.4) is 0 Å². The molecule has 0 spiro atoms. The zero-order valence-electron chi connectivity index (χ0n) is 5.51. The molecule has 1 nitrogen and oxygen atoms in total. The Balaban J connectivity index is 3.57. The molecular weight excluding hydrogens is 118 g/mol. The second-order valence-electron chi connectivity index (χ2n) is 1.33. The van der Waals surface area contributed by atoms with Gasteiger partial charge in [-0.1, -0.05) is 6.08 Å². The fourth-order valence-corrected chi connectivity index (χ4v) is 0.398. The smallest absolute Gasteiger partial charge is 0.0697 e. The van der Waals surface area contributed by atoms with Crippen LogP contribution in [-0.2, 0) is 0 Å². The van der Waals surface area contributed by atoms with Gasteiger partial charge >= 0.3 is 0 Å². The number of rotatable bonds is 1. The zero-order chi connectivity index (χ0) is 6.41. The predicted octanol–water partition coefficient (Wildman–Crippen LogP) is 2.30. The van der Waals surface area contributed by atoms with Crippen LogP contribution in [-0.4, -0.2) is 11.3 Å². The van der Waals surface area contributed by atoms with Crippen LogP contribution >= 0.6 is 11.8 Å². The maximum Gasteiger partial charge on any atom is 0.0697 e. The molecule has 0 N–H and O–H groups in total. The van der Waals surface area contributed by atoms with Crippen LogP contribution in [0.2, 0.25) is 0 Å². The summed E-state index contributed by atoms with van der Waals surface area (Å²) >= 11 is 1.66. The largest absolute Gasteiger partial charge is 0.255 e. The molecule has 0 atom stereocenters. The van der Waals surface area contributed by atoms with Crippen molar-refractivity contribution in [3.05, 3.63) is 12.3 Å². The molecule has 0 radical (unpaired) electrons. The van der Waals surface area contributed by atoms with Gasteiger partial charge in [0.2, 0.25) is 0 Å². The Hall–Kier alpha value is -0.240. The average molecular weight is 129 g/mol. The lowest BCUT2D eigenvalue weighted by molar-refractivity contribution is 1.53. The third-order valence-corrected chi connectivity index (χ3v) is 1.40. The van der Waals surface area contributed by atoms with Crippen molar-refractivity contribution in [2.75, 3.05) is 6.26 Å². The van der Waals surface area contributed by atoms with E-state index in [0.717, 1.165) is 5.04 Å². The fourth-order valence-electron chi connectivity index (χ4n) is 0.232. The predicted molar refractivity (Wildman–Crippen MR) is 41.4 cm³/mol. The molecule has 0 aromatic rings. The Bertz CT molecular complexity index is 105. The van der Waals surface area contributed by atoms with E-state index in [0.29, 0.717) is 0 Å². The molecule has 0 unspecified atom stereocenters. The molecule has 0 saturated heterocycles. The molecule has 0 saturated carbocycles. The van der Waals surface area contributed by atoms with Gasteiger partial charge in [0.1, 0.15) is 0 Å². The fraction of sp³-hybridized carbons (Fsp3) is 0.500. The minimum atomic E-state index is 1.10. The van der Waals surface area contributed by atoms with Crippen molar-refractivity contribution >= 4 is 16.8 Å². The number of aliphatic imine (C=N–C) groups is 1. The molecule has 0 aliphatic carbocycles. The first-order valence-corrected chi connectivity index (χ1v) is 3.73. The van der Waals surface area contributed by atoms with E-state index in [-0.39, 0.29) is 0 Å². The van der Waals surface area contributed by atoms with Gasteiger partial charge in [-0.2, -0.15) is 0 Å². The molecule has 2 heteroatoms. The lowest BCUT2D eigenvalue weighted by atomic mass is 10.7. The SMILES string of the molecule is CC=CN=C(C)SC. The number of thioether (sulfide) groups is 1. The molecule has 46 valence electrons. The van der Waals surface area contributed by atoms with Crippen molar-refractivity contribution in [3.63, 3.8) is 0 Å². The second kappa shape index (κ2) is 4.91. The van der Waals surface area contributed by atoms with Crippen LogP contribution in [0.1, 0.15) is 13.8 Å². The number of hydrogen-bond acceptors (Lipinski definition) is 2. The van der Waals surface area contributed by atoms with Gasteiger partial charge in [0.15, 0.2) is 0 Å². The van der Waals surface area contributed by atoms with Crippen LogP contribution in [0, 0.1) is 0 Å². The summed E-state index contributed by atoms with van der Waals surface area (Å²) in [4.78, 5) is 4.06. The van der Waals surface area contributed by atoms with Gasteiger partial charge in [0.25, 0.3) is 0 Å². The number of hydrogen-bond donors (Lipinski definition) is 0. The van der Waals surface area contributed by atoms with Gasteiger partial charge in [-0.15, -0.1) is 11.8 Å². The molecule has 8 heavy (non-hydrogen) atoms. The standard InChI is InChI=1S/C6H11NS/c1-4-5-7-6(2)8-3/h4-5H,1-3H3. The topological polar surface area (TPSA) is 12.4 Å². The molecule has 0 heterocycles. The maximum absolute atomic E-state index is 4.06. The first-order valence-electron chi connectivity index (χ1n) is 2.50. The maximum atomic E-state index is 4.06. The molecular formula is C6H11NS. The normalized spacial score (nSPS) is 13.1. The monoisotopic (exact) mass is 129 g/mol. The summed E-state index contributed by atoms with van der Waals surface area (Å²) in [6.07, 6.45) is 5.73. The van der Waals surface area contributed by atoms with Crippen molar-refractivity contribution in [2.45, 2.75) is 13.8 Å². The molecule has 0 amide bonds. The Kier molecular flexibility index (Phi) is 4.76. The number of nitrogens with zero attached hydrogens (tertiary/aromatic N) is 1. The van der Waals surface area contributed by atoms with Crippen molar-refractivity contribution in [3.8, 4) is 0 Å². The van der Waals surface area contributed by atoms with Gasteiger partial charge in [0.05, 0.1) is 5.04 Å². The Labute approximate surface area is 54.9 Å². The summed E-state index contributed by atoms with van der Waals surface area (Å²) in [5.74, 6) is 0. The van der Waals surface area contributed by atoms with E-state index in [1.807, 2.05) is 26.2 Å². The van der Waals surface area contributed by atoms with Crippen LogP contribution in [0.4, 0.5) is 0 Å². The van der Waals surface area contributed by atoms with E-state index in [2.05, 4.69) is 4.99 Å². The zero-order valence-corrected chi connectivity index (χ0v) is 6.33. The minimum absolute atomic E-state index is 1.10. The van der Waals surface area contributed by atoms with E-state index < -0.39 is 0 Å². The lowest BCUT2D eigenvalue weighted by Crippen LogP contribution is -1.76. The molecule has 0 aromatic heterocycles. The Morgan fingerprint density at radius 2 is 2.25 bits per heavy atom. The highest BCUT2D eigenvalue weighted by molar-refractivity contribution is 8.13. The van der Waals surface area contributed by atoms with E-state index >= 15 is 0 Å². The van der Waals surface area contributed by atoms with Gasteiger partial charge in [-0.3, -0.25) is 4.99 Å². The first-order chi connectivity index (χ1) is 3.81. The third kappa shape index (κ3) is 3.93. The van der Waals surface area contributed by atoms with Crippen molar-refractivity contribution in [1.82, 2.24) is 0 Å². The summed E-state index contributed by atoms with van der Waals surface area (Å²) < 4.78 is 0. The van der Waals surface area contributed by atoms with Crippen LogP contribution in [0.25, 0.3) is 0 Å². The van der Waals surface area contributed by atoms with E-state index in [9.17, 15) is 0 Å². The summed E-state index contributed by atoms with van der Waals surface area (Å²) in [6, 6.07) is 0.